The predicted octanol–water partition coefficient (Wildman–Crippen LogP) is 2.27. The van der Waals surface area contributed by atoms with Crippen molar-refractivity contribution in [3.8, 4) is 0 Å². The number of hydrogen-bond acceptors (Lipinski definition) is 4. The standard InChI is InChI=1S/C16H22N2O4/c1-16(2,3)22-15(21)18-9-8-17-10-13(18)11-4-6-12(7-5-11)14(19)20/h4-7,13,17H,8-10H2,1-3H3,(H,19,20). The third kappa shape index (κ3) is 3.98. The molecule has 0 aromatic heterocycles. The number of piperazine rings is 1. The molecular weight excluding hydrogens is 284 g/mol. The Morgan fingerprint density at radius 3 is 2.45 bits per heavy atom. The molecule has 1 heterocycles. The number of nitrogens with zero attached hydrogens (tertiary/aromatic N) is 1. The summed E-state index contributed by atoms with van der Waals surface area (Å²) in [6.45, 7) is 7.39. The number of carboxylic acid groups (broad SMARTS) is 1. The molecule has 0 radical (unpaired) electrons. The van der Waals surface area contributed by atoms with Gasteiger partial charge in [-0.15, -0.1) is 0 Å². The van der Waals surface area contributed by atoms with Crippen molar-refractivity contribution in [2.45, 2.75) is 32.4 Å². The Bertz CT molecular complexity index is 548. The highest BCUT2D eigenvalue weighted by molar-refractivity contribution is 5.87. The van der Waals surface area contributed by atoms with E-state index in [1.54, 1.807) is 29.2 Å². The zero-order valence-corrected chi connectivity index (χ0v) is 13.1. The second kappa shape index (κ2) is 6.36. The van der Waals surface area contributed by atoms with E-state index in [0.29, 0.717) is 19.6 Å². The Labute approximate surface area is 130 Å². The van der Waals surface area contributed by atoms with Crippen LogP contribution in [0.1, 0.15) is 42.7 Å². The molecule has 0 bridgehead atoms. The van der Waals surface area contributed by atoms with Crippen molar-refractivity contribution in [2.75, 3.05) is 19.6 Å². The molecule has 0 aliphatic carbocycles. The summed E-state index contributed by atoms with van der Waals surface area (Å²) in [6.07, 6.45) is -0.346. The fourth-order valence-electron chi connectivity index (χ4n) is 2.39. The maximum atomic E-state index is 12.4. The van der Waals surface area contributed by atoms with Crippen molar-refractivity contribution >= 4 is 12.1 Å². The van der Waals surface area contributed by atoms with Crippen LogP contribution in [0, 0.1) is 0 Å². The van der Waals surface area contributed by atoms with Crippen molar-refractivity contribution in [1.82, 2.24) is 10.2 Å². The van der Waals surface area contributed by atoms with E-state index in [1.807, 2.05) is 20.8 Å². The van der Waals surface area contributed by atoms with E-state index in [1.165, 1.54) is 0 Å². The highest BCUT2D eigenvalue weighted by Crippen LogP contribution is 2.24. The monoisotopic (exact) mass is 306 g/mol. The zero-order chi connectivity index (χ0) is 16.3. The number of amides is 1. The molecule has 1 aliphatic rings. The van der Waals surface area contributed by atoms with E-state index < -0.39 is 11.6 Å². The zero-order valence-electron chi connectivity index (χ0n) is 13.1. The lowest BCUT2D eigenvalue weighted by molar-refractivity contribution is 0.0117. The molecule has 120 valence electrons. The van der Waals surface area contributed by atoms with Crippen LogP contribution >= 0.6 is 0 Å². The summed E-state index contributed by atoms with van der Waals surface area (Å²) in [5.74, 6) is -0.961. The van der Waals surface area contributed by atoms with Crippen LogP contribution in [0.3, 0.4) is 0 Å². The van der Waals surface area contributed by atoms with Gasteiger partial charge in [-0.05, 0) is 38.5 Å². The number of nitrogens with one attached hydrogen (secondary N) is 1. The van der Waals surface area contributed by atoms with Gasteiger partial charge in [-0.1, -0.05) is 12.1 Å². The molecule has 1 aliphatic heterocycles. The number of ether oxygens (including phenoxy) is 1. The first-order valence-electron chi connectivity index (χ1n) is 7.31. The topological polar surface area (TPSA) is 78.9 Å². The summed E-state index contributed by atoms with van der Waals surface area (Å²) < 4.78 is 5.46. The summed E-state index contributed by atoms with van der Waals surface area (Å²) >= 11 is 0. The fourth-order valence-corrected chi connectivity index (χ4v) is 2.39. The van der Waals surface area contributed by atoms with Gasteiger partial charge < -0.3 is 15.2 Å². The van der Waals surface area contributed by atoms with E-state index in [-0.39, 0.29) is 17.7 Å². The minimum absolute atomic E-state index is 0.161. The Morgan fingerprint density at radius 2 is 1.91 bits per heavy atom. The first kappa shape index (κ1) is 16.3. The van der Waals surface area contributed by atoms with Crippen molar-refractivity contribution in [1.29, 1.82) is 0 Å². The van der Waals surface area contributed by atoms with Crippen LogP contribution in [0.5, 0.6) is 0 Å². The van der Waals surface area contributed by atoms with E-state index in [9.17, 15) is 9.59 Å². The molecule has 2 rings (SSSR count). The van der Waals surface area contributed by atoms with E-state index in [0.717, 1.165) is 5.56 Å². The molecular formula is C16H22N2O4. The van der Waals surface area contributed by atoms with Crippen LogP contribution in [0.4, 0.5) is 4.79 Å². The Balaban J connectivity index is 2.19. The summed E-state index contributed by atoms with van der Waals surface area (Å²) in [5, 5.41) is 12.2. The first-order valence-corrected chi connectivity index (χ1v) is 7.31. The lowest BCUT2D eigenvalue weighted by Gasteiger charge is -2.37. The van der Waals surface area contributed by atoms with Crippen molar-refractivity contribution < 1.29 is 19.4 Å². The molecule has 1 atom stereocenters. The normalized spacial score (nSPS) is 18.9. The predicted molar refractivity (Wildman–Crippen MR) is 82.0 cm³/mol. The molecule has 6 nitrogen and oxygen atoms in total. The Hall–Kier alpha value is -2.08. The lowest BCUT2D eigenvalue weighted by Crippen LogP contribution is -2.50. The minimum atomic E-state index is -0.961. The van der Waals surface area contributed by atoms with Gasteiger partial charge in [0.2, 0.25) is 0 Å². The third-order valence-corrected chi connectivity index (χ3v) is 3.41. The van der Waals surface area contributed by atoms with E-state index >= 15 is 0 Å². The number of hydrogen-bond donors (Lipinski definition) is 2. The van der Waals surface area contributed by atoms with Gasteiger partial charge in [-0.2, -0.15) is 0 Å². The average Bonchev–Trinajstić information content (AvgIpc) is 2.45. The van der Waals surface area contributed by atoms with E-state index in [4.69, 9.17) is 9.84 Å². The summed E-state index contributed by atoms with van der Waals surface area (Å²) in [5.41, 5.74) is 0.582. The largest absolute Gasteiger partial charge is 0.478 e. The molecule has 2 N–H and O–H groups in total. The van der Waals surface area contributed by atoms with Gasteiger partial charge in [-0.25, -0.2) is 9.59 Å². The molecule has 1 amide bonds. The smallest absolute Gasteiger partial charge is 0.410 e. The maximum absolute atomic E-state index is 12.4. The first-order chi connectivity index (χ1) is 10.3. The van der Waals surface area contributed by atoms with Crippen molar-refractivity contribution in [3.05, 3.63) is 35.4 Å². The number of carbonyl (C=O) groups is 2. The van der Waals surface area contributed by atoms with Crippen LogP contribution < -0.4 is 5.32 Å². The third-order valence-electron chi connectivity index (χ3n) is 3.41. The molecule has 22 heavy (non-hydrogen) atoms. The lowest BCUT2D eigenvalue weighted by atomic mass is 10.0. The minimum Gasteiger partial charge on any atom is -0.478 e. The molecule has 1 unspecified atom stereocenters. The van der Waals surface area contributed by atoms with Gasteiger partial charge in [0, 0.05) is 19.6 Å². The molecule has 0 saturated carbocycles. The van der Waals surface area contributed by atoms with Crippen LogP contribution in [-0.2, 0) is 4.74 Å². The number of carbonyl (C=O) groups excluding carboxylic acids is 1. The average molecular weight is 306 g/mol. The summed E-state index contributed by atoms with van der Waals surface area (Å²) in [4.78, 5) is 25.0. The SMILES string of the molecule is CC(C)(C)OC(=O)N1CCNCC1c1ccc(C(=O)O)cc1. The highest BCUT2D eigenvalue weighted by Gasteiger charge is 2.31. The quantitative estimate of drug-likeness (QED) is 0.876. The molecule has 1 aromatic rings. The number of aromatic carboxylic acids is 1. The number of benzene rings is 1. The van der Waals surface area contributed by atoms with Gasteiger partial charge in [0.25, 0.3) is 0 Å². The van der Waals surface area contributed by atoms with Crippen LogP contribution in [-0.4, -0.2) is 47.3 Å². The highest BCUT2D eigenvalue weighted by atomic mass is 16.6. The van der Waals surface area contributed by atoms with Crippen molar-refractivity contribution in [3.63, 3.8) is 0 Å². The summed E-state index contributed by atoms with van der Waals surface area (Å²) in [6, 6.07) is 6.45. The van der Waals surface area contributed by atoms with Crippen LogP contribution in [0.25, 0.3) is 0 Å². The Kier molecular flexibility index (Phi) is 4.71. The number of rotatable bonds is 2. The molecule has 1 aromatic carbocycles. The molecule has 6 heteroatoms. The van der Waals surface area contributed by atoms with Gasteiger partial charge in [0.15, 0.2) is 0 Å². The fraction of sp³-hybridized carbons (Fsp3) is 0.500. The second-order valence-corrected chi connectivity index (χ2v) is 6.32. The summed E-state index contributed by atoms with van der Waals surface area (Å²) in [7, 11) is 0. The van der Waals surface area contributed by atoms with Gasteiger partial charge >= 0.3 is 12.1 Å². The van der Waals surface area contributed by atoms with Gasteiger partial charge in [0.1, 0.15) is 5.60 Å². The molecule has 0 spiro atoms. The van der Waals surface area contributed by atoms with Crippen LogP contribution in [0.15, 0.2) is 24.3 Å². The van der Waals surface area contributed by atoms with Crippen molar-refractivity contribution in [2.24, 2.45) is 0 Å². The maximum Gasteiger partial charge on any atom is 0.410 e. The Morgan fingerprint density at radius 1 is 1.27 bits per heavy atom. The number of carboxylic acids is 1. The second-order valence-electron chi connectivity index (χ2n) is 6.32. The molecule has 1 fully saturated rings. The van der Waals surface area contributed by atoms with E-state index in [2.05, 4.69) is 5.32 Å². The molecule has 1 saturated heterocycles. The van der Waals surface area contributed by atoms with Crippen LogP contribution in [0.2, 0.25) is 0 Å². The van der Waals surface area contributed by atoms with Gasteiger partial charge in [0.05, 0.1) is 11.6 Å². The van der Waals surface area contributed by atoms with Gasteiger partial charge in [-0.3, -0.25) is 4.90 Å².